The van der Waals surface area contributed by atoms with Crippen LogP contribution in [-0.2, 0) is 14.3 Å². The Morgan fingerprint density at radius 1 is 1.40 bits per heavy atom. The van der Waals surface area contributed by atoms with Crippen molar-refractivity contribution in [2.45, 2.75) is 0 Å². The monoisotopic (exact) mass is 367 g/mol. The minimum atomic E-state index is -0.658. The van der Waals surface area contributed by atoms with Gasteiger partial charge < -0.3 is 25.4 Å². The normalized spacial score (nSPS) is 13.9. The zero-order chi connectivity index (χ0) is 18.6. The summed E-state index contributed by atoms with van der Waals surface area (Å²) in [4.78, 5) is 37.5. The molecule has 134 valence electrons. The first-order valence-corrected chi connectivity index (χ1v) is 7.81. The number of benzene rings is 1. The lowest BCUT2D eigenvalue weighted by atomic mass is 10.1. The van der Waals surface area contributed by atoms with E-state index in [1.165, 1.54) is 37.3 Å². The number of aliphatic hydroxyl groups excluding tert-OH is 1. The third-order valence-corrected chi connectivity index (χ3v) is 4.00. The van der Waals surface area contributed by atoms with Crippen LogP contribution in [0.15, 0.2) is 29.5 Å². The van der Waals surface area contributed by atoms with E-state index >= 15 is 0 Å². The van der Waals surface area contributed by atoms with Crippen molar-refractivity contribution in [1.82, 2.24) is 10.2 Å². The molecule has 1 aromatic rings. The molecular formula is C16H18ClN3O5. The second-order valence-corrected chi connectivity index (χ2v) is 5.60. The number of β-amino-alcohol motifs (C(OH)–C–C–N with tert-alkyl or cyclic N) is 1. The molecule has 1 aliphatic heterocycles. The van der Waals surface area contributed by atoms with Gasteiger partial charge in [0.05, 0.1) is 36.5 Å². The molecule has 0 fully saturated rings. The minimum absolute atomic E-state index is 0.0104. The summed E-state index contributed by atoms with van der Waals surface area (Å²) in [6, 6.07) is 4.53. The molecule has 0 radical (unpaired) electrons. The summed E-state index contributed by atoms with van der Waals surface area (Å²) < 4.78 is 4.71. The number of nitrogens with one attached hydrogen (secondary N) is 2. The average Bonchev–Trinajstić information content (AvgIpc) is 2.92. The van der Waals surface area contributed by atoms with Crippen LogP contribution in [0.25, 0.3) is 0 Å². The standard InChI is InChI=1S/C16H18ClN3O5/c1-18-14(22)9-3-4-11(17)12(7-9)19-13-10(16(24)25-2)8-20(5-6-21)15(13)23/h3-4,7,19,21H,5-6,8H2,1-2H3,(H,18,22). The highest BCUT2D eigenvalue weighted by atomic mass is 35.5. The van der Waals surface area contributed by atoms with E-state index in [4.69, 9.17) is 21.4 Å². The van der Waals surface area contributed by atoms with Gasteiger partial charge in [-0.25, -0.2) is 4.79 Å². The van der Waals surface area contributed by atoms with Gasteiger partial charge in [0, 0.05) is 19.2 Å². The summed E-state index contributed by atoms with van der Waals surface area (Å²) in [5.41, 5.74) is 0.782. The van der Waals surface area contributed by atoms with E-state index in [9.17, 15) is 14.4 Å². The molecule has 1 aliphatic rings. The van der Waals surface area contributed by atoms with Gasteiger partial charge in [-0.3, -0.25) is 9.59 Å². The van der Waals surface area contributed by atoms with E-state index in [-0.39, 0.29) is 41.9 Å². The summed E-state index contributed by atoms with van der Waals surface area (Å²) in [7, 11) is 2.71. The molecule has 0 atom stereocenters. The predicted molar refractivity (Wildman–Crippen MR) is 91.2 cm³/mol. The zero-order valence-electron chi connectivity index (χ0n) is 13.8. The van der Waals surface area contributed by atoms with E-state index < -0.39 is 11.9 Å². The van der Waals surface area contributed by atoms with E-state index in [1.807, 2.05) is 0 Å². The topological polar surface area (TPSA) is 108 Å². The van der Waals surface area contributed by atoms with Gasteiger partial charge >= 0.3 is 5.97 Å². The van der Waals surface area contributed by atoms with Crippen molar-refractivity contribution in [3.63, 3.8) is 0 Å². The maximum absolute atomic E-state index is 12.5. The Morgan fingerprint density at radius 3 is 2.72 bits per heavy atom. The summed E-state index contributed by atoms with van der Waals surface area (Å²) >= 11 is 6.13. The van der Waals surface area contributed by atoms with Crippen molar-refractivity contribution in [1.29, 1.82) is 0 Å². The molecule has 0 spiro atoms. The number of methoxy groups -OCH3 is 1. The minimum Gasteiger partial charge on any atom is -0.466 e. The first kappa shape index (κ1) is 18.8. The zero-order valence-corrected chi connectivity index (χ0v) is 14.5. The molecule has 1 heterocycles. The first-order valence-electron chi connectivity index (χ1n) is 7.43. The molecule has 0 aliphatic carbocycles. The Labute approximate surface area is 149 Å². The maximum Gasteiger partial charge on any atom is 0.337 e. The van der Waals surface area contributed by atoms with Crippen LogP contribution >= 0.6 is 11.6 Å². The van der Waals surface area contributed by atoms with E-state index in [1.54, 1.807) is 0 Å². The van der Waals surface area contributed by atoms with Crippen LogP contribution in [0, 0.1) is 0 Å². The lowest BCUT2D eigenvalue weighted by Crippen LogP contribution is -2.31. The molecule has 1 aromatic carbocycles. The number of anilines is 1. The number of ether oxygens (including phenoxy) is 1. The SMILES string of the molecule is CNC(=O)c1ccc(Cl)c(NC2=C(C(=O)OC)CN(CCO)C2=O)c1. The van der Waals surface area contributed by atoms with Crippen LogP contribution in [0.2, 0.25) is 5.02 Å². The van der Waals surface area contributed by atoms with Gasteiger partial charge in [-0.05, 0) is 18.2 Å². The van der Waals surface area contributed by atoms with Crippen molar-refractivity contribution >= 4 is 35.1 Å². The molecule has 2 rings (SSSR count). The third-order valence-electron chi connectivity index (χ3n) is 3.67. The highest BCUT2D eigenvalue weighted by molar-refractivity contribution is 6.33. The average molecular weight is 368 g/mol. The number of rotatable bonds is 6. The molecule has 0 bridgehead atoms. The van der Waals surface area contributed by atoms with Crippen LogP contribution in [0.4, 0.5) is 5.69 Å². The van der Waals surface area contributed by atoms with Gasteiger partial charge in [-0.1, -0.05) is 11.6 Å². The Balaban J connectivity index is 2.39. The molecule has 2 amide bonds. The van der Waals surface area contributed by atoms with Crippen molar-refractivity contribution in [2.24, 2.45) is 0 Å². The predicted octanol–water partition coefficient (Wildman–Crippen LogP) is 0.373. The van der Waals surface area contributed by atoms with Gasteiger partial charge in [-0.15, -0.1) is 0 Å². The fraction of sp³-hybridized carbons (Fsp3) is 0.312. The second-order valence-electron chi connectivity index (χ2n) is 5.19. The fourth-order valence-corrected chi connectivity index (χ4v) is 2.56. The number of carbonyl (C=O) groups is 3. The third kappa shape index (κ3) is 3.92. The molecule has 3 N–H and O–H groups in total. The molecule has 0 aromatic heterocycles. The smallest absolute Gasteiger partial charge is 0.337 e. The summed E-state index contributed by atoms with van der Waals surface area (Å²) in [6.07, 6.45) is 0. The lowest BCUT2D eigenvalue weighted by molar-refractivity contribution is -0.136. The Kier molecular flexibility index (Phi) is 6.00. The van der Waals surface area contributed by atoms with Gasteiger partial charge in [0.25, 0.3) is 11.8 Å². The van der Waals surface area contributed by atoms with Crippen molar-refractivity contribution in [3.05, 3.63) is 40.1 Å². The quantitative estimate of drug-likeness (QED) is 0.627. The van der Waals surface area contributed by atoms with Crippen molar-refractivity contribution in [2.75, 3.05) is 39.2 Å². The highest BCUT2D eigenvalue weighted by Gasteiger charge is 2.34. The summed E-state index contributed by atoms with van der Waals surface area (Å²) in [6.45, 7) is -0.141. The van der Waals surface area contributed by atoms with E-state index in [0.29, 0.717) is 11.3 Å². The molecule has 8 nitrogen and oxygen atoms in total. The van der Waals surface area contributed by atoms with Crippen LogP contribution in [-0.4, -0.2) is 61.6 Å². The molecule has 25 heavy (non-hydrogen) atoms. The number of halogens is 1. The number of nitrogens with zero attached hydrogens (tertiary/aromatic N) is 1. The van der Waals surface area contributed by atoms with Crippen molar-refractivity contribution < 1.29 is 24.2 Å². The Morgan fingerprint density at radius 2 is 2.12 bits per heavy atom. The van der Waals surface area contributed by atoms with Crippen molar-refractivity contribution in [3.8, 4) is 0 Å². The van der Waals surface area contributed by atoms with Crippen LogP contribution < -0.4 is 10.6 Å². The Hall–Kier alpha value is -2.58. The second kappa shape index (κ2) is 8.00. The number of hydrogen-bond donors (Lipinski definition) is 3. The van der Waals surface area contributed by atoms with Crippen LogP contribution in [0.3, 0.4) is 0 Å². The molecular weight excluding hydrogens is 350 g/mol. The van der Waals surface area contributed by atoms with Gasteiger partial charge in [0.1, 0.15) is 5.70 Å². The number of aliphatic hydroxyl groups is 1. The number of carbonyl (C=O) groups excluding carboxylic acids is 3. The highest BCUT2D eigenvalue weighted by Crippen LogP contribution is 2.28. The lowest BCUT2D eigenvalue weighted by Gasteiger charge is -2.15. The molecule has 9 heteroatoms. The largest absolute Gasteiger partial charge is 0.466 e. The van der Waals surface area contributed by atoms with Crippen LogP contribution in [0.5, 0.6) is 0 Å². The van der Waals surface area contributed by atoms with Gasteiger partial charge in [-0.2, -0.15) is 0 Å². The van der Waals surface area contributed by atoms with E-state index in [0.717, 1.165) is 0 Å². The maximum atomic E-state index is 12.5. The summed E-state index contributed by atoms with van der Waals surface area (Å²) in [5.74, 6) is -1.44. The van der Waals surface area contributed by atoms with Crippen LogP contribution in [0.1, 0.15) is 10.4 Å². The first-order chi connectivity index (χ1) is 11.9. The number of hydrogen-bond acceptors (Lipinski definition) is 6. The van der Waals surface area contributed by atoms with E-state index in [2.05, 4.69) is 10.6 Å². The molecule has 0 unspecified atom stereocenters. The molecule has 0 saturated carbocycles. The fourth-order valence-electron chi connectivity index (χ4n) is 2.39. The number of esters is 1. The number of amides is 2. The van der Waals surface area contributed by atoms with Gasteiger partial charge in [0.2, 0.25) is 0 Å². The summed E-state index contributed by atoms with van der Waals surface area (Å²) in [5, 5.41) is 14.6. The Bertz CT molecular complexity index is 747. The van der Waals surface area contributed by atoms with Gasteiger partial charge in [0.15, 0.2) is 0 Å². The molecule has 0 saturated heterocycles.